The first-order valence-electron chi connectivity index (χ1n) is 9.48. The zero-order valence-corrected chi connectivity index (χ0v) is 17.9. The first kappa shape index (κ1) is 20.1. The Morgan fingerprint density at radius 2 is 1.89 bits per heavy atom. The molecule has 1 amide bonds. The van der Waals surface area contributed by atoms with Crippen molar-refractivity contribution in [1.82, 2.24) is 9.62 Å². The third kappa shape index (κ3) is 3.14. The van der Waals surface area contributed by atoms with Gasteiger partial charge in [-0.3, -0.25) is 4.79 Å². The molecule has 3 rings (SSSR count). The highest BCUT2D eigenvalue weighted by molar-refractivity contribution is 7.89. The zero-order valence-electron chi connectivity index (χ0n) is 17.1. The van der Waals surface area contributed by atoms with Gasteiger partial charge in [-0.15, -0.1) is 0 Å². The lowest BCUT2D eigenvalue weighted by molar-refractivity contribution is 0.0737. The summed E-state index contributed by atoms with van der Waals surface area (Å²) in [6.07, 6.45) is 3.49. The van der Waals surface area contributed by atoms with Crippen LogP contribution in [0.2, 0.25) is 0 Å². The van der Waals surface area contributed by atoms with E-state index in [1.807, 2.05) is 0 Å². The fraction of sp³-hybridized carbons (Fsp3) is 0.650. The molecule has 6 nitrogen and oxygen atoms in total. The van der Waals surface area contributed by atoms with Gasteiger partial charge < -0.3 is 10.6 Å². The summed E-state index contributed by atoms with van der Waals surface area (Å²) in [6.45, 7) is 6.73. The molecule has 0 radical (unpaired) electrons. The van der Waals surface area contributed by atoms with Crippen LogP contribution in [0.3, 0.4) is 0 Å². The minimum atomic E-state index is -3.66. The summed E-state index contributed by atoms with van der Waals surface area (Å²) in [6, 6.07) is 4.89. The molecule has 150 valence electrons. The van der Waals surface area contributed by atoms with Gasteiger partial charge in [0.2, 0.25) is 10.0 Å². The largest absolute Gasteiger partial charge is 0.387 e. The number of nitrogens with one attached hydrogen (secondary N) is 2. The number of benzene rings is 1. The van der Waals surface area contributed by atoms with E-state index in [1.165, 1.54) is 26.6 Å². The Morgan fingerprint density at radius 1 is 1.22 bits per heavy atom. The minimum Gasteiger partial charge on any atom is -0.387 e. The molecule has 2 N–H and O–H groups in total. The van der Waals surface area contributed by atoms with Gasteiger partial charge >= 0.3 is 0 Å². The molecule has 7 heteroatoms. The van der Waals surface area contributed by atoms with E-state index in [-0.39, 0.29) is 27.7 Å². The molecule has 2 bridgehead atoms. The van der Waals surface area contributed by atoms with Crippen LogP contribution in [0.4, 0.5) is 5.69 Å². The summed E-state index contributed by atoms with van der Waals surface area (Å²) in [7, 11) is 0.986. The van der Waals surface area contributed by atoms with E-state index in [2.05, 4.69) is 31.4 Å². The minimum absolute atomic E-state index is 0.0477. The van der Waals surface area contributed by atoms with Crippen molar-refractivity contribution in [3.8, 4) is 0 Å². The summed E-state index contributed by atoms with van der Waals surface area (Å²) in [5.74, 6) is 0.420. The maximum absolute atomic E-state index is 13.0. The molecule has 1 unspecified atom stereocenters. The molecule has 2 aliphatic rings. The number of hydrogen-bond acceptors (Lipinski definition) is 4. The summed E-state index contributed by atoms with van der Waals surface area (Å²) in [4.78, 5) is 13.1. The zero-order chi connectivity index (χ0) is 20.2. The summed E-state index contributed by atoms with van der Waals surface area (Å²) < 4.78 is 26.4. The molecule has 1 aromatic carbocycles. The average Bonchev–Trinajstić information content (AvgIpc) is 3.08. The van der Waals surface area contributed by atoms with Crippen LogP contribution in [0.5, 0.6) is 0 Å². The van der Waals surface area contributed by atoms with Gasteiger partial charge in [0.15, 0.2) is 0 Å². The highest BCUT2D eigenvalue weighted by Gasteiger charge is 2.59. The molecule has 1 aromatic rings. The number of carbonyl (C=O) groups is 1. The van der Waals surface area contributed by atoms with E-state index in [4.69, 9.17) is 0 Å². The van der Waals surface area contributed by atoms with Gasteiger partial charge in [0.05, 0.1) is 5.69 Å². The van der Waals surface area contributed by atoms with Gasteiger partial charge in [-0.1, -0.05) is 20.8 Å². The van der Waals surface area contributed by atoms with Crippen LogP contribution in [0, 0.1) is 16.7 Å². The van der Waals surface area contributed by atoms with E-state index in [0.717, 1.165) is 17.1 Å². The molecule has 2 saturated carbocycles. The van der Waals surface area contributed by atoms with Crippen LogP contribution in [0.25, 0.3) is 0 Å². The Balaban J connectivity index is 1.92. The van der Waals surface area contributed by atoms with Crippen molar-refractivity contribution in [3.05, 3.63) is 23.8 Å². The Labute approximate surface area is 162 Å². The predicted molar refractivity (Wildman–Crippen MR) is 107 cm³/mol. The van der Waals surface area contributed by atoms with Crippen molar-refractivity contribution in [2.45, 2.75) is 51.0 Å². The lowest BCUT2D eigenvalue weighted by Crippen LogP contribution is -2.52. The normalized spacial score (nSPS) is 29.1. The topological polar surface area (TPSA) is 78.5 Å². The fourth-order valence-corrected chi connectivity index (χ4v) is 6.27. The van der Waals surface area contributed by atoms with Crippen LogP contribution in [0.15, 0.2) is 23.1 Å². The third-order valence-corrected chi connectivity index (χ3v) is 8.67. The first-order chi connectivity index (χ1) is 12.4. The average molecular weight is 394 g/mol. The second-order valence-corrected chi connectivity index (χ2v) is 11.2. The number of nitrogens with zero attached hydrogens (tertiary/aromatic N) is 1. The van der Waals surface area contributed by atoms with Gasteiger partial charge in [-0.05, 0) is 54.2 Å². The van der Waals surface area contributed by atoms with Gasteiger partial charge in [-0.25, -0.2) is 12.7 Å². The van der Waals surface area contributed by atoms with Crippen LogP contribution < -0.4 is 10.6 Å². The van der Waals surface area contributed by atoms with E-state index in [1.54, 1.807) is 19.2 Å². The molecule has 27 heavy (non-hydrogen) atoms. The molecule has 0 heterocycles. The van der Waals surface area contributed by atoms with E-state index in [0.29, 0.717) is 17.2 Å². The number of carbonyl (C=O) groups excluding carboxylic acids is 1. The molecule has 0 saturated heterocycles. The summed E-state index contributed by atoms with van der Waals surface area (Å²) in [5, 5.41) is 6.13. The number of sulfonamides is 1. The molecular formula is C20H31N3O3S. The summed E-state index contributed by atoms with van der Waals surface area (Å²) in [5.41, 5.74) is 1.02. The second-order valence-electron chi connectivity index (χ2n) is 9.07. The second kappa shape index (κ2) is 6.48. The van der Waals surface area contributed by atoms with Gasteiger partial charge in [0.25, 0.3) is 5.91 Å². The molecule has 0 aliphatic heterocycles. The monoisotopic (exact) mass is 393 g/mol. The number of fused-ring (bicyclic) bond motifs is 2. The Hall–Kier alpha value is -1.60. The number of amides is 1. The Morgan fingerprint density at radius 3 is 2.41 bits per heavy atom. The quantitative estimate of drug-likeness (QED) is 0.806. The van der Waals surface area contributed by atoms with Crippen LogP contribution in [-0.2, 0) is 10.0 Å². The standard InChI is InChI=1S/C20H31N3O3S/c1-19(2)14-9-10-20(3,12-14)18(19)22-17(24)13-7-8-15(21-4)16(11-13)27(25,26)23(5)6/h7-8,11,14,18,21H,9-10,12H2,1-6H3,(H,22,24)/t14-,18?,20+/m1/s1. The van der Waals surface area contributed by atoms with Gasteiger partial charge in [0, 0.05) is 32.7 Å². The third-order valence-electron chi connectivity index (χ3n) is 6.82. The molecule has 2 fully saturated rings. The predicted octanol–water partition coefficient (Wildman–Crippen LogP) is 2.92. The van der Waals surface area contributed by atoms with Crippen molar-refractivity contribution in [2.75, 3.05) is 26.5 Å². The van der Waals surface area contributed by atoms with Crippen LogP contribution in [-0.4, -0.2) is 45.8 Å². The van der Waals surface area contributed by atoms with Crippen molar-refractivity contribution in [2.24, 2.45) is 16.7 Å². The molecule has 0 spiro atoms. The lowest BCUT2D eigenvalue weighted by Gasteiger charge is -2.43. The van der Waals surface area contributed by atoms with E-state index < -0.39 is 10.0 Å². The van der Waals surface area contributed by atoms with Crippen molar-refractivity contribution in [3.63, 3.8) is 0 Å². The van der Waals surface area contributed by atoms with Crippen LogP contribution >= 0.6 is 0 Å². The number of anilines is 1. The van der Waals surface area contributed by atoms with E-state index >= 15 is 0 Å². The highest BCUT2D eigenvalue weighted by atomic mass is 32.2. The highest BCUT2D eigenvalue weighted by Crippen LogP contribution is 2.62. The molecule has 2 aliphatic carbocycles. The number of rotatable bonds is 5. The van der Waals surface area contributed by atoms with Crippen LogP contribution in [0.1, 0.15) is 50.4 Å². The maximum atomic E-state index is 13.0. The lowest BCUT2D eigenvalue weighted by atomic mass is 9.68. The molecule has 0 aromatic heterocycles. The maximum Gasteiger partial charge on any atom is 0.251 e. The number of hydrogen-bond donors (Lipinski definition) is 2. The van der Waals surface area contributed by atoms with E-state index in [9.17, 15) is 13.2 Å². The van der Waals surface area contributed by atoms with Gasteiger partial charge in [0.1, 0.15) is 4.90 Å². The fourth-order valence-electron chi connectivity index (χ4n) is 5.16. The van der Waals surface area contributed by atoms with Gasteiger partial charge in [-0.2, -0.15) is 0 Å². The van der Waals surface area contributed by atoms with Crippen molar-refractivity contribution < 1.29 is 13.2 Å². The summed E-state index contributed by atoms with van der Waals surface area (Å²) >= 11 is 0. The molecule has 3 atom stereocenters. The Bertz CT molecular complexity index is 858. The molecular weight excluding hydrogens is 362 g/mol. The smallest absolute Gasteiger partial charge is 0.251 e. The van der Waals surface area contributed by atoms with Crippen molar-refractivity contribution in [1.29, 1.82) is 0 Å². The Kier molecular flexibility index (Phi) is 4.84. The SMILES string of the molecule is CNc1ccc(C(=O)NC2C(C)(C)[C@@H]3CC[C@@]2(C)C3)cc1S(=O)(=O)N(C)C. The first-order valence-corrected chi connectivity index (χ1v) is 10.9. The van der Waals surface area contributed by atoms with Crippen molar-refractivity contribution >= 4 is 21.6 Å².